The third-order valence-electron chi connectivity index (χ3n) is 4.93. The van der Waals surface area contributed by atoms with Gasteiger partial charge < -0.3 is 5.32 Å². The highest BCUT2D eigenvalue weighted by Crippen LogP contribution is 2.38. The lowest BCUT2D eigenvalue weighted by molar-refractivity contribution is 0.117. The Hall–Kier alpha value is -0.0400. The van der Waals surface area contributed by atoms with E-state index in [1.165, 1.54) is 57.8 Å². The minimum atomic E-state index is 0.479. The topological polar surface area (TPSA) is 12.0 Å². The van der Waals surface area contributed by atoms with Crippen molar-refractivity contribution >= 4 is 0 Å². The van der Waals surface area contributed by atoms with Crippen molar-refractivity contribution in [1.29, 1.82) is 0 Å². The molecule has 0 aromatic rings. The standard InChI is InChI=1S/C16H31N/c1-16(2,3)14-11-7-8-12-15(14)17-13-9-5-4-6-10-13/h13-15,17H,4-12H2,1-3H3. The molecule has 0 saturated heterocycles. The highest BCUT2D eigenvalue weighted by Gasteiger charge is 2.34. The highest BCUT2D eigenvalue weighted by atomic mass is 15.0. The fraction of sp³-hybridized carbons (Fsp3) is 1.00. The molecule has 1 nitrogen and oxygen atoms in total. The molecule has 2 rings (SSSR count). The van der Waals surface area contributed by atoms with Crippen LogP contribution in [0.4, 0.5) is 0 Å². The fourth-order valence-electron chi connectivity index (χ4n) is 3.94. The first kappa shape index (κ1) is 13.4. The summed E-state index contributed by atoms with van der Waals surface area (Å²) < 4.78 is 0. The second-order valence-corrected chi connectivity index (χ2v) is 7.37. The van der Waals surface area contributed by atoms with E-state index in [-0.39, 0.29) is 0 Å². The van der Waals surface area contributed by atoms with Crippen LogP contribution < -0.4 is 5.32 Å². The molecule has 2 fully saturated rings. The second-order valence-electron chi connectivity index (χ2n) is 7.37. The number of hydrogen-bond donors (Lipinski definition) is 1. The first-order chi connectivity index (χ1) is 8.07. The van der Waals surface area contributed by atoms with Gasteiger partial charge in [0.2, 0.25) is 0 Å². The minimum absolute atomic E-state index is 0.479. The van der Waals surface area contributed by atoms with E-state index in [0.29, 0.717) is 5.41 Å². The Morgan fingerprint density at radius 1 is 0.765 bits per heavy atom. The van der Waals surface area contributed by atoms with Gasteiger partial charge in [-0.25, -0.2) is 0 Å². The van der Waals surface area contributed by atoms with Gasteiger partial charge in [0.1, 0.15) is 0 Å². The molecule has 0 heterocycles. The molecule has 1 heteroatoms. The maximum Gasteiger partial charge on any atom is 0.0103 e. The molecule has 0 bridgehead atoms. The summed E-state index contributed by atoms with van der Waals surface area (Å²) in [7, 11) is 0. The summed E-state index contributed by atoms with van der Waals surface area (Å²) in [5, 5.41) is 4.01. The first-order valence-electron chi connectivity index (χ1n) is 7.83. The lowest BCUT2D eigenvalue weighted by Crippen LogP contribution is -2.48. The van der Waals surface area contributed by atoms with E-state index in [4.69, 9.17) is 0 Å². The predicted molar refractivity (Wildman–Crippen MR) is 75.2 cm³/mol. The van der Waals surface area contributed by atoms with Gasteiger partial charge in [-0.1, -0.05) is 52.9 Å². The molecule has 2 aliphatic rings. The van der Waals surface area contributed by atoms with E-state index in [1.54, 1.807) is 0 Å². The lowest BCUT2D eigenvalue weighted by Gasteiger charge is -2.43. The van der Waals surface area contributed by atoms with Crippen molar-refractivity contribution in [3.8, 4) is 0 Å². The lowest BCUT2D eigenvalue weighted by atomic mass is 9.69. The summed E-state index contributed by atoms with van der Waals surface area (Å²) in [5.41, 5.74) is 0.479. The van der Waals surface area contributed by atoms with Gasteiger partial charge in [0, 0.05) is 12.1 Å². The van der Waals surface area contributed by atoms with Crippen LogP contribution in [-0.4, -0.2) is 12.1 Å². The normalized spacial score (nSPS) is 32.6. The van der Waals surface area contributed by atoms with Gasteiger partial charge in [0.25, 0.3) is 0 Å². The van der Waals surface area contributed by atoms with Crippen LogP contribution in [0.2, 0.25) is 0 Å². The van der Waals surface area contributed by atoms with Gasteiger partial charge in [-0.05, 0) is 37.0 Å². The maximum absolute atomic E-state index is 4.01. The monoisotopic (exact) mass is 237 g/mol. The molecule has 0 amide bonds. The average Bonchev–Trinajstić information content (AvgIpc) is 2.30. The highest BCUT2D eigenvalue weighted by molar-refractivity contribution is 4.90. The largest absolute Gasteiger partial charge is 0.311 e. The zero-order valence-corrected chi connectivity index (χ0v) is 12.1. The molecule has 2 atom stereocenters. The number of rotatable bonds is 2. The quantitative estimate of drug-likeness (QED) is 0.745. The smallest absolute Gasteiger partial charge is 0.0103 e. The Kier molecular flexibility index (Phi) is 4.52. The van der Waals surface area contributed by atoms with Crippen molar-refractivity contribution in [2.24, 2.45) is 11.3 Å². The van der Waals surface area contributed by atoms with Crippen LogP contribution in [0.5, 0.6) is 0 Å². The van der Waals surface area contributed by atoms with Crippen molar-refractivity contribution in [2.75, 3.05) is 0 Å². The Balaban J connectivity index is 1.91. The van der Waals surface area contributed by atoms with E-state index >= 15 is 0 Å². The van der Waals surface area contributed by atoms with Gasteiger partial charge in [0.15, 0.2) is 0 Å². The predicted octanol–water partition coefficient (Wildman–Crippen LogP) is 4.51. The van der Waals surface area contributed by atoms with E-state index < -0.39 is 0 Å². The second kappa shape index (κ2) is 5.73. The molecule has 2 unspecified atom stereocenters. The number of nitrogens with one attached hydrogen (secondary N) is 1. The Labute approximate surface area is 108 Å². The van der Waals surface area contributed by atoms with Crippen molar-refractivity contribution in [2.45, 2.75) is 90.6 Å². The van der Waals surface area contributed by atoms with Crippen LogP contribution >= 0.6 is 0 Å². The average molecular weight is 237 g/mol. The Morgan fingerprint density at radius 3 is 2.00 bits per heavy atom. The Morgan fingerprint density at radius 2 is 1.35 bits per heavy atom. The van der Waals surface area contributed by atoms with Crippen LogP contribution in [0.15, 0.2) is 0 Å². The Bertz CT molecular complexity index is 222. The van der Waals surface area contributed by atoms with E-state index in [9.17, 15) is 0 Å². The van der Waals surface area contributed by atoms with Crippen LogP contribution in [0.3, 0.4) is 0 Å². The molecule has 0 aromatic carbocycles. The zero-order valence-electron chi connectivity index (χ0n) is 12.1. The van der Waals surface area contributed by atoms with Crippen molar-refractivity contribution < 1.29 is 0 Å². The molecular weight excluding hydrogens is 206 g/mol. The number of hydrogen-bond acceptors (Lipinski definition) is 1. The SMILES string of the molecule is CC(C)(C)C1CCCCC1NC1CCCCC1. The minimum Gasteiger partial charge on any atom is -0.311 e. The molecule has 0 spiro atoms. The van der Waals surface area contributed by atoms with Crippen LogP contribution in [0.1, 0.15) is 78.6 Å². The molecule has 2 aliphatic carbocycles. The fourth-order valence-corrected chi connectivity index (χ4v) is 3.94. The molecule has 100 valence electrons. The van der Waals surface area contributed by atoms with Crippen molar-refractivity contribution in [1.82, 2.24) is 5.32 Å². The van der Waals surface area contributed by atoms with Crippen molar-refractivity contribution in [3.63, 3.8) is 0 Å². The summed E-state index contributed by atoms with van der Waals surface area (Å²) >= 11 is 0. The zero-order chi connectivity index (χ0) is 12.3. The molecule has 0 radical (unpaired) electrons. The maximum atomic E-state index is 4.01. The van der Waals surface area contributed by atoms with Gasteiger partial charge in [-0.2, -0.15) is 0 Å². The van der Waals surface area contributed by atoms with Crippen molar-refractivity contribution in [3.05, 3.63) is 0 Å². The van der Waals surface area contributed by atoms with Gasteiger partial charge in [-0.3, -0.25) is 0 Å². The first-order valence-corrected chi connectivity index (χ1v) is 7.83. The summed E-state index contributed by atoms with van der Waals surface area (Å²) in [6.45, 7) is 7.29. The van der Waals surface area contributed by atoms with E-state index in [2.05, 4.69) is 26.1 Å². The molecular formula is C16H31N. The van der Waals surface area contributed by atoms with Gasteiger partial charge in [-0.15, -0.1) is 0 Å². The molecule has 2 saturated carbocycles. The molecule has 0 aromatic heterocycles. The van der Waals surface area contributed by atoms with Gasteiger partial charge >= 0.3 is 0 Å². The summed E-state index contributed by atoms with van der Waals surface area (Å²) in [6, 6.07) is 1.63. The van der Waals surface area contributed by atoms with Gasteiger partial charge in [0.05, 0.1) is 0 Å². The van der Waals surface area contributed by atoms with E-state index in [0.717, 1.165) is 18.0 Å². The molecule has 1 N–H and O–H groups in total. The summed E-state index contributed by atoms with van der Waals surface area (Å²) in [6.07, 6.45) is 13.0. The van der Waals surface area contributed by atoms with Crippen LogP contribution in [0, 0.1) is 11.3 Å². The van der Waals surface area contributed by atoms with E-state index in [1.807, 2.05) is 0 Å². The third-order valence-corrected chi connectivity index (χ3v) is 4.93. The summed E-state index contributed by atoms with van der Waals surface area (Å²) in [4.78, 5) is 0. The van der Waals surface area contributed by atoms with Crippen LogP contribution in [-0.2, 0) is 0 Å². The third kappa shape index (κ3) is 3.71. The summed E-state index contributed by atoms with van der Waals surface area (Å²) in [5.74, 6) is 0.887. The van der Waals surface area contributed by atoms with Crippen LogP contribution in [0.25, 0.3) is 0 Å². The molecule has 17 heavy (non-hydrogen) atoms. The molecule has 0 aliphatic heterocycles.